The van der Waals surface area contributed by atoms with E-state index >= 15 is 0 Å². The number of amides is 1. The number of methoxy groups -OCH3 is 1. The van der Waals surface area contributed by atoms with E-state index in [-0.39, 0.29) is 17.9 Å². The Kier molecular flexibility index (Phi) is 6.68. The van der Waals surface area contributed by atoms with Crippen LogP contribution in [0.5, 0.6) is 5.75 Å². The number of likely N-dealkylation sites (tertiary alicyclic amines) is 1. The Hall–Kier alpha value is -3.11. The number of carbonyl (C=O) groups is 1. The Morgan fingerprint density at radius 1 is 0.941 bits per heavy atom. The van der Waals surface area contributed by atoms with E-state index < -0.39 is 0 Å². The molecule has 0 unspecified atom stereocenters. The van der Waals surface area contributed by atoms with Crippen molar-refractivity contribution in [2.45, 2.75) is 43.7 Å². The molecule has 5 rings (SSSR count). The molecule has 2 aliphatic rings. The Morgan fingerprint density at radius 3 is 2.15 bits per heavy atom. The molecule has 0 radical (unpaired) electrons. The quantitative estimate of drug-likeness (QED) is 0.497. The molecule has 1 aliphatic carbocycles. The summed E-state index contributed by atoms with van der Waals surface area (Å²) in [5, 5.41) is 0. The van der Waals surface area contributed by atoms with E-state index in [1.165, 1.54) is 24.0 Å². The predicted octanol–water partition coefficient (Wildman–Crippen LogP) is 5.44. The van der Waals surface area contributed by atoms with Crippen LogP contribution in [0, 0.1) is 0 Å². The first-order valence-electron chi connectivity index (χ1n) is 12.4. The fraction of sp³-hybridized carbons (Fsp3) is 0.367. The molecule has 0 spiro atoms. The highest BCUT2D eigenvalue weighted by molar-refractivity contribution is 5.87. The maximum Gasteiger partial charge on any atom is 0.234 e. The SMILES string of the molecule is COc1ccc2c(c1)[C@@H](N(C)C(=O)C(c1ccccc1)c1ccccc1)[C@H](N1CCCC1)CC2. The lowest BCUT2D eigenvalue weighted by atomic mass is 9.81. The number of rotatable bonds is 6. The van der Waals surface area contributed by atoms with Gasteiger partial charge in [0.2, 0.25) is 5.91 Å². The standard InChI is InChI=1S/C30H34N2O2/c1-31(30(33)28(23-11-5-3-6-12-23)24-13-7-4-8-14-24)29-26-21-25(34-2)17-15-22(26)16-18-27(29)32-19-9-10-20-32/h3-8,11-15,17,21,27-29H,9-10,16,18-20H2,1-2H3/t27-,29-/m1/s1. The highest BCUT2D eigenvalue weighted by Gasteiger charge is 2.40. The van der Waals surface area contributed by atoms with E-state index in [0.717, 1.165) is 42.8 Å². The van der Waals surface area contributed by atoms with Crippen molar-refractivity contribution in [3.05, 3.63) is 101 Å². The molecule has 0 saturated carbocycles. The predicted molar refractivity (Wildman–Crippen MR) is 136 cm³/mol. The summed E-state index contributed by atoms with van der Waals surface area (Å²) in [5.41, 5.74) is 4.63. The number of carbonyl (C=O) groups excluding carboxylic acids is 1. The van der Waals surface area contributed by atoms with Crippen molar-refractivity contribution in [1.82, 2.24) is 9.80 Å². The number of aryl methyl sites for hydroxylation is 1. The monoisotopic (exact) mass is 454 g/mol. The molecule has 1 fully saturated rings. The second kappa shape index (κ2) is 10.0. The zero-order chi connectivity index (χ0) is 23.5. The lowest BCUT2D eigenvalue weighted by Gasteiger charge is -2.44. The van der Waals surface area contributed by atoms with Crippen molar-refractivity contribution in [1.29, 1.82) is 0 Å². The second-order valence-electron chi connectivity index (χ2n) is 9.56. The van der Waals surface area contributed by atoms with Crippen molar-refractivity contribution < 1.29 is 9.53 Å². The highest BCUT2D eigenvalue weighted by atomic mass is 16.5. The zero-order valence-corrected chi connectivity index (χ0v) is 20.2. The van der Waals surface area contributed by atoms with Crippen molar-refractivity contribution >= 4 is 5.91 Å². The van der Waals surface area contributed by atoms with Crippen LogP contribution in [0.4, 0.5) is 0 Å². The molecule has 176 valence electrons. The van der Waals surface area contributed by atoms with Gasteiger partial charge in [0, 0.05) is 13.1 Å². The Labute approximate surface area is 203 Å². The van der Waals surface area contributed by atoms with Gasteiger partial charge in [0.05, 0.1) is 19.1 Å². The lowest BCUT2D eigenvalue weighted by molar-refractivity contribution is -0.134. The van der Waals surface area contributed by atoms with E-state index in [0.29, 0.717) is 6.04 Å². The first-order valence-corrected chi connectivity index (χ1v) is 12.4. The van der Waals surface area contributed by atoms with Crippen LogP contribution in [-0.4, -0.2) is 49.0 Å². The van der Waals surface area contributed by atoms with Crippen molar-refractivity contribution in [3.63, 3.8) is 0 Å². The summed E-state index contributed by atoms with van der Waals surface area (Å²) >= 11 is 0. The van der Waals surface area contributed by atoms with Crippen molar-refractivity contribution in [2.75, 3.05) is 27.2 Å². The summed E-state index contributed by atoms with van der Waals surface area (Å²) in [6.45, 7) is 2.23. The molecule has 4 heteroatoms. The van der Waals surface area contributed by atoms with Gasteiger partial charge in [-0.2, -0.15) is 0 Å². The van der Waals surface area contributed by atoms with E-state index in [4.69, 9.17) is 4.74 Å². The average molecular weight is 455 g/mol. The first-order chi connectivity index (χ1) is 16.7. The van der Waals surface area contributed by atoms with Gasteiger partial charge in [0.1, 0.15) is 5.75 Å². The maximum absolute atomic E-state index is 14.3. The summed E-state index contributed by atoms with van der Waals surface area (Å²) in [6, 6.07) is 27.1. The van der Waals surface area contributed by atoms with Gasteiger partial charge >= 0.3 is 0 Å². The van der Waals surface area contributed by atoms with E-state index in [1.54, 1.807) is 7.11 Å². The van der Waals surface area contributed by atoms with Gasteiger partial charge in [-0.15, -0.1) is 0 Å². The highest BCUT2D eigenvalue weighted by Crippen LogP contribution is 2.41. The summed E-state index contributed by atoms with van der Waals surface area (Å²) in [6.07, 6.45) is 4.59. The molecule has 1 amide bonds. The normalized spacial score (nSPS) is 20.2. The van der Waals surface area contributed by atoms with Gasteiger partial charge in [-0.3, -0.25) is 9.69 Å². The van der Waals surface area contributed by atoms with Gasteiger partial charge < -0.3 is 9.64 Å². The molecule has 3 aromatic rings. The third-order valence-electron chi connectivity index (χ3n) is 7.63. The Bertz CT molecular complexity index is 1070. The Morgan fingerprint density at radius 2 is 1.56 bits per heavy atom. The molecule has 1 saturated heterocycles. The van der Waals surface area contributed by atoms with Crippen LogP contribution < -0.4 is 4.74 Å². The van der Waals surface area contributed by atoms with Crippen LogP contribution in [0.2, 0.25) is 0 Å². The number of fused-ring (bicyclic) bond motifs is 1. The third-order valence-corrected chi connectivity index (χ3v) is 7.63. The molecule has 1 heterocycles. The van der Waals surface area contributed by atoms with E-state index in [1.807, 2.05) is 54.4 Å². The summed E-state index contributed by atoms with van der Waals surface area (Å²) in [4.78, 5) is 19.0. The Balaban J connectivity index is 1.57. The minimum Gasteiger partial charge on any atom is -0.497 e. The molecule has 4 nitrogen and oxygen atoms in total. The molecule has 0 N–H and O–H groups in total. The molecule has 0 aromatic heterocycles. The topological polar surface area (TPSA) is 32.8 Å². The molecule has 34 heavy (non-hydrogen) atoms. The summed E-state index contributed by atoms with van der Waals surface area (Å²) in [7, 11) is 3.72. The largest absolute Gasteiger partial charge is 0.497 e. The fourth-order valence-corrected chi connectivity index (χ4v) is 5.90. The maximum atomic E-state index is 14.3. The minimum absolute atomic E-state index is 0.000579. The third kappa shape index (κ3) is 4.35. The van der Waals surface area contributed by atoms with Crippen LogP contribution in [-0.2, 0) is 11.2 Å². The minimum atomic E-state index is -0.331. The summed E-state index contributed by atoms with van der Waals surface area (Å²) < 4.78 is 5.60. The van der Waals surface area contributed by atoms with Gasteiger partial charge in [-0.05, 0) is 73.2 Å². The smallest absolute Gasteiger partial charge is 0.234 e. The number of nitrogens with zero attached hydrogens (tertiary/aromatic N) is 2. The number of benzene rings is 3. The van der Waals surface area contributed by atoms with Gasteiger partial charge in [0.25, 0.3) is 0 Å². The number of hydrogen-bond acceptors (Lipinski definition) is 3. The van der Waals surface area contributed by atoms with Crippen LogP contribution in [0.3, 0.4) is 0 Å². The molecule has 3 aromatic carbocycles. The fourth-order valence-electron chi connectivity index (χ4n) is 5.90. The van der Waals surface area contributed by atoms with E-state index in [9.17, 15) is 4.79 Å². The summed E-state index contributed by atoms with van der Waals surface area (Å²) in [5.74, 6) is 0.666. The zero-order valence-electron chi connectivity index (χ0n) is 20.2. The van der Waals surface area contributed by atoms with Crippen molar-refractivity contribution in [2.24, 2.45) is 0 Å². The lowest BCUT2D eigenvalue weighted by Crippen LogP contribution is -2.49. The number of ether oxygens (including phenoxy) is 1. The second-order valence-corrected chi connectivity index (χ2v) is 9.56. The first kappa shape index (κ1) is 22.7. The number of hydrogen-bond donors (Lipinski definition) is 0. The molecule has 0 bridgehead atoms. The van der Waals surface area contributed by atoms with E-state index in [2.05, 4.69) is 41.3 Å². The van der Waals surface area contributed by atoms with Gasteiger partial charge in [0.15, 0.2) is 0 Å². The van der Waals surface area contributed by atoms with Crippen LogP contribution in [0.1, 0.15) is 53.5 Å². The van der Waals surface area contributed by atoms with Crippen molar-refractivity contribution in [3.8, 4) is 5.75 Å². The van der Waals surface area contributed by atoms with Crippen LogP contribution in [0.25, 0.3) is 0 Å². The molecule has 2 atom stereocenters. The molecule has 1 aliphatic heterocycles. The average Bonchev–Trinajstić information content (AvgIpc) is 3.43. The number of likely N-dealkylation sites (N-methyl/N-ethyl adjacent to an activating group) is 1. The van der Waals surface area contributed by atoms with Crippen LogP contribution in [0.15, 0.2) is 78.9 Å². The molecular weight excluding hydrogens is 420 g/mol. The van der Waals surface area contributed by atoms with Gasteiger partial charge in [-0.1, -0.05) is 66.7 Å². The van der Waals surface area contributed by atoms with Gasteiger partial charge in [-0.25, -0.2) is 0 Å². The van der Waals surface area contributed by atoms with Crippen LogP contribution >= 0.6 is 0 Å². The molecular formula is C30H34N2O2.